The molecule has 0 spiro atoms. The van der Waals surface area contributed by atoms with Gasteiger partial charge in [-0.05, 0) is 45.4 Å². The average Bonchev–Trinajstić information content (AvgIpc) is 2.85. The van der Waals surface area contributed by atoms with Crippen molar-refractivity contribution in [3.63, 3.8) is 0 Å². The van der Waals surface area contributed by atoms with Crippen molar-refractivity contribution in [2.45, 2.75) is 33.8 Å². The van der Waals surface area contributed by atoms with E-state index >= 15 is 0 Å². The van der Waals surface area contributed by atoms with Crippen LogP contribution in [-0.2, 0) is 9.53 Å². The Bertz CT molecular complexity index is 835. The maximum atomic E-state index is 12.5. The van der Waals surface area contributed by atoms with Crippen LogP contribution in [0.25, 0.3) is 0 Å². The first-order valence-electron chi connectivity index (χ1n) is 7.94. The van der Waals surface area contributed by atoms with Gasteiger partial charge in [-0.25, -0.2) is 4.79 Å². The molecule has 2 rings (SSSR count). The molecule has 8 heteroatoms. The lowest BCUT2D eigenvalue weighted by Gasteiger charge is -2.16. The molecule has 5 nitrogen and oxygen atoms in total. The zero-order valence-electron chi connectivity index (χ0n) is 14.8. The van der Waals surface area contributed by atoms with Gasteiger partial charge in [0.1, 0.15) is 10.8 Å². The fraction of sp³-hybridized carbons (Fsp3) is 0.333. The molecule has 1 amide bonds. The molecule has 1 aromatic carbocycles. The molecular formula is C18H19Cl2NO4S. The van der Waals surface area contributed by atoms with Gasteiger partial charge in [-0.2, -0.15) is 0 Å². The fourth-order valence-electron chi connectivity index (χ4n) is 2.19. The van der Waals surface area contributed by atoms with Crippen molar-refractivity contribution in [1.82, 2.24) is 0 Å². The van der Waals surface area contributed by atoms with E-state index in [2.05, 4.69) is 5.32 Å². The minimum Gasteiger partial charge on any atom is -0.479 e. The van der Waals surface area contributed by atoms with Crippen LogP contribution in [-0.4, -0.2) is 24.6 Å². The number of hydrogen-bond acceptors (Lipinski definition) is 5. The first-order chi connectivity index (χ1) is 12.2. The highest BCUT2D eigenvalue weighted by Crippen LogP contribution is 2.33. The van der Waals surface area contributed by atoms with Gasteiger partial charge in [0.25, 0.3) is 5.91 Å². The summed E-state index contributed by atoms with van der Waals surface area (Å²) in [5.74, 6) is -0.560. The van der Waals surface area contributed by atoms with Crippen LogP contribution in [0.1, 0.15) is 34.6 Å². The number of aryl methyl sites for hydroxylation is 1. The second-order valence-corrected chi connectivity index (χ2v) is 7.60. The quantitative estimate of drug-likeness (QED) is 0.653. The Kier molecular flexibility index (Phi) is 6.92. The van der Waals surface area contributed by atoms with E-state index < -0.39 is 18.0 Å². The number of carbonyl (C=O) groups is 2. The Morgan fingerprint density at radius 2 is 1.96 bits per heavy atom. The highest BCUT2D eigenvalue weighted by Gasteiger charge is 2.24. The number of amides is 1. The summed E-state index contributed by atoms with van der Waals surface area (Å²) in [6, 6.07) is 4.76. The Morgan fingerprint density at radius 1 is 1.27 bits per heavy atom. The molecule has 0 bridgehead atoms. The van der Waals surface area contributed by atoms with Crippen molar-refractivity contribution >= 4 is 51.4 Å². The molecule has 0 unspecified atom stereocenters. The molecule has 140 valence electrons. The number of anilines is 1. The molecule has 0 aliphatic rings. The molecule has 0 fully saturated rings. The summed E-state index contributed by atoms with van der Waals surface area (Å²) in [5, 5.41) is 3.99. The summed E-state index contributed by atoms with van der Waals surface area (Å²) in [6.07, 6.45) is -0.844. The number of hydrogen-bond donors (Lipinski definition) is 1. The standard InChI is InChI=1S/C18H19Cl2NO4S/c1-5-24-18(23)15-9(2)11(4)26-17(15)21-16(22)10(3)25-14-8-12(19)6-7-13(14)20/h6-8,10H,5H2,1-4H3,(H,21,22)/t10-/m1/s1. The molecule has 0 saturated heterocycles. The van der Waals surface area contributed by atoms with Crippen molar-refractivity contribution in [3.05, 3.63) is 44.2 Å². The molecule has 0 radical (unpaired) electrons. The highest BCUT2D eigenvalue weighted by atomic mass is 35.5. The third-order valence-electron chi connectivity index (χ3n) is 3.67. The summed E-state index contributed by atoms with van der Waals surface area (Å²) in [6.45, 7) is 7.27. The highest BCUT2D eigenvalue weighted by molar-refractivity contribution is 7.16. The van der Waals surface area contributed by atoms with Crippen molar-refractivity contribution in [1.29, 1.82) is 0 Å². The number of ether oxygens (including phenoxy) is 2. The van der Waals surface area contributed by atoms with Crippen LogP contribution in [0.5, 0.6) is 5.75 Å². The van der Waals surface area contributed by atoms with Gasteiger partial charge in [-0.15, -0.1) is 11.3 Å². The third kappa shape index (κ3) is 4.69. The third-order valence-corrected chi connectivity index (χ3v) is 5.34. The molecule has 1 N–H and O–H groups in total. The van der Waals surface area contributed by atoms with Gasteiger partial charge in [0.2, 0.25) is 0 Å². The van der Waals surface area contributed by atoms with E-state index in [1.54, 1.807) is 26.0 Å². The lowest BCUT2D eigenvalue weighted by Crippen LogP contribution is -2.30. The molecule has 0 aliphatic carbocycles. The number of thiophene rings is 1. The van der Waals surface area contributed by atoms with Crippen LogP contribution in [0, 0.1) is 13.8 Å². The zero-order chi connectivity index (χ0) is 19.4. The summed E-state index contributed by atoms with van der Waals surface area (Å²) < 4.78 is 10.7. The van der Waals surface area contributed by atoms with E-state index in [9.17, 15) is 9.59 Å². The number of carbonyl (C=O) groups excluding carboxylic acids is 2. The monoisotopic (exact) mass is 415 g/mol. The Balaban J connectivity index is 2.18. The number of esters is 1. The molecular weight excluding hydrogens is 397 g/mol. The normalized spacial score (nSPS) is 11.8. The fourth-order valence-corrected chi connectivity index (χ4v) is 3.56. The Hall–Kier alpha value is -1.76. The van der Waals surface area contributed by atoms with Gasteiger partial charge < -0.3 is 14.8 Å². The van der Waals surface area contributed by atoms with Gasteiger partial charge in [0.05, 0.1) is 17.2 Å². The van der Waals surface area contributed by atoms with Gasteiger partial charge in [0.15, 0.2) is 6.10 Å². The minimum atomic E-state index is -0.844. The summed E-state index contributed by atoms with van der Waals surface area (Å²) in [5.41, 5.74) is 1.16. The lowest BCUT2D eigenvalue weighted by atomic mass is 10.1. The predicted molar refractivity (Wildman–Crippen MR) is 105 cm³/mol. The van der Waals surface area contributed by atoms with E-state index in [1.807, 2.05) is 13.8 Å². The minimum absolute atomic E-state index is 0.257. The van der Waals surface area contributed by atoms with E-state index in [0.29, 0.717) is 26.4 Å². The van der Waals surface area contributed by atoms with Gasteiger partial charge in [-0.1, -0.05) is 23.2 Å². The first kappa shape index (κ1) is 20.6. The summed E-state index contributed by atoms with van der Waals surface area (Å²) in [4.78, 5) is 25.6. The smallest absolute Gasteiger partial charge is 0.341 e. The van der Waals surface area contributed by atoms with Crippen molar-refractivity contribution in [2.75, 3.05) is 11.9 Å². The maximum Gasteiger partial charge on any atom is 0.341 e. The molecule has 0 aliphatic heterocycles. The van der Waals surface area contributed by atoms with Gasteiger partial charge >= 0.3 is 5.97 Å². The van der Waals surface area contributed by atoms with E-state index in [1.165, 1.54) is 17.4 Å². The number of rotatable bonds is 6. The predicted octanol–water partition coefficient (Wildman–Crippen LogP) is 5.25. The van der Waals surface area contributed by atoms with Crippen LogP contribution in [0.4, 0.5) is 5.00 Å². The Labute approximate surface area is 166 Å². The van der Waals surface area contributed by atoms with Crippen molar-refractivity contribution in [2.24, 2.45) is 0 Å². The van der Waals surface area contributed by atoms with Crippen LogP contribution >= 0.6 is 34.5 Å². The molecule has 1 heterocycles. The molecule has 2 aromatic rings. The average molecular weight is 416 g/mol. The number of halogens is 2. The van der Waals surface area contributed by atoms with Crippen LogP contribution in [0.15, 0.2) is 18.2 Å². The second kappa shape index (κ2) is 8.75. The number of benzene rings is 1. The van der Waals surface area contributed by atoms with Gasteiger partial charge in [0, 0.05) is 16.0 Å². The lowest BCUT2D eigenvalue weighted by molar-refractivity contribution is -0.122. The van der Waals surface area contributed by atoms with Crippen LogP contribution in [0.3, 0.4) is 0 Å². The molecule has 0 saturated carbocycles. The largest absolute Gasteiger partial charge is 0.479 e. The second-order valence-electron chi connectivity index (χ2n) is 5.53. The van der Waals surface area contributed by atoms with E-state index in [0.717, 1.165) is 10.4 Å². The van der Waals surface area contributed by atoms with Crippen molar-refractivity contribution in [3.8, 4) is 5.75 Å². The molecule has 1 atom stereocenters. The van der Waals surface area contributed by atoms with Crippen LogP contribution < -0.4 is 10.1 Å². The van der Waals surface area contributed by atoms with Crippen LogP contribution in [0.2, 0.25) is 10.0 Å². The van der Waals surface area contributed by atoms with E-state index in [-0.39, 0.29) is 6.61 Å². The summed E-state index contributed by atoms with van der Waals surface area (Å²) >= 11 is 13.3. The van der Waals surface area contributed by atoms with E-state index in [4.69, 9.17) is 32.7 Å². The number of nitrogens with one attached hydrogen (secondary N) is 1. The summed E-state index contributed by atoms with van der Waals surface area (Å²) in [7, 11) is 0. The molecule has 1 aromatic heterocycles. The van der Waals surface area contributed by atoms with Crippen molar-refractivity contribution < 1.29 is 19.1 Å². The maximum absolute atomic E-state index is 12.5. The topological polar surface area (TPSA) is 64.6 Å². The molecule has 26 heavy (non-hydrogen) atoms. The SMILES string of the molecule is CCOC(=O)c1c(NC(=O)[C@@H](C)Oc2cc(Cl)ccc2Cl)sc(C)c1C. The van der Waals surface area contributed by atoms with Gasteiger partial charge in [-0.3, -0.25) is 4.79 Å². The first-order valence-corrected chi connectivity index (χ1v) is 9.51. The zero-order valence-corrected chi connectivity index (χ0v) is 17.1. The Morgan fingerprint density at radius 3 is 2.62 bits per heavy atom.